The maximum Gasteiger partial charge on any atom is 0.0777 e. The van der Waals surface area contributed by atoms with E-state index in [2.05, 4.69) is 20.8 Å². The lowest BCUT2D eigenvalue weighted by Gasteiger charge is -2.50. The average Bonchev–Trinajstić information content (AvgIpc) is 2.30. The molecule has 3 aliphatic carbocycles. The first kappa shape index (κ1) is 7.37. The molecule has 1 N–H and O–H groups in total. The Bertz CT molecular complexity index is 274. The second-order valence-corrected chi connectivity index (χ2v) is 5.63. The van der Waals surface area contributed by atoms with Crippen molar-refractivity contribution < 1.29 is 5.11 Å². The summed E-state index contributed by atoms with van der Waals surface area (Å²) in [6.45, 7) is 6.89. The monoisotopic (exact) mass is 166 g/mol. The average molecular weight is 166 g/mol. The molecule has 3 fully saturated rings. The molecule has 0 radical (unpaired) electrons. The molecule has 4 unspecified atom stereocenters. The lowest BCUT2D eigenvalue weighted by atomic mass is 9.56. The van der Waals surface area contributed by atoms with Gasteiger partial charge < -0.3 is 5.11 Å². The molecular formula is C11H18O. The fourth-order valence-corrected chi connectivity index (χ4v) is 4.95. The third-order valence-corrected chi connectivity index (χ3v) is 6.22. The van der Waals surface area contributed by atoms with Crippen molar-refractivity contribution in [2.24, 2.45) is 16.2 Å². The van der Waals surface area contributed by atoms with E-state index >= 15 is 0 Å². The van der Waals surface area contributed by atoms with E-state index in [0.29, 0.717) is 10.8 Å². The molecule has 68 valence electrons. The van der Waals surface area contributed by atoms with Gasteiger partial charge >= 0.3 is 0 Å². The molecule has 4 atom stereocenters. The number of aliphatic hydroxyl groups is 1. The van der Waals surface area contributed by atoms with Crippen molar-refractivity contribution in [2.75, 3.05) is 0 Å². The fraction of sp³-hybridized carbons (Fsp3) is 1.00. The van der Waals surface area contributed by atoms with Crippen molar-refractivity contribution in [3.63, 3.8) is 0 Å². The third-order valence-electron chi connectivity index (χ3n) is 6.22. The number of rotatable bonds is 1. The Balaban J connectivity index is 2.11. The van der Waals surface area contributed by atoms with Crippen LogP contribution in [0.15, 0.2) is 0 Å². The summed E-state index contributed by atoms with van der Waals surface area (Å²) in [5.41, 5.74) is 0.850. The standard InChI is InChI=1S/C11H18O/c1-4-10-6-5-8(2)9(10,3)11(8,12)7-10/h12H,4-7H2,1-3H3. The number of hydrogen-bond acceptors (Lipinski definition) is 1. The molecular weight excluding hydrogens is 148 g/mol. The Hall–Kier alpha value is -0.0400. The van der Waals surface area contributed by atoms with E-state index in [1.165, 1.54) is 19.3 Å². The highest BCUT2D eigenvalue weighted by atomic mass is 16.3. The van der Waals surface area contributed by atoms with Crippen LogP contribution in [0.2, 0.25) is 0 Å². The minimum atomic E-state index is -0.256. The molecule has 0 bridgehead atoms. The van der Waals surface area contributed by atoms with Crippen LogP contribution in [0.1, 0.15) is 46.5 Å². The van der Waals surface area contributed by atoms with Crippen molar-refractivity contribution in [2.45, 2.75) is 52.1 Å². The molecule has 12 heavy (non-hydrogen) atoms. The predicted molar refractivity (Wildman–Crippen MR) is 47.7 cm³/mol. The van der Waals surface area contributed by atoms with Gasteiger partial charge in [-0.15, -0.1) is 0 Å². The summed E-state index contributed by atoms with van der Waals surface area (Å²) in [6.07, 6.45) is 4.97. The molecule has 0 aromatic heterocycles. The fourth-order valence-electron chi connectivity index (χ4n) is 4.95. The van der Waals surface area contributed by atoms with Gasteiger partial charge in [0, 0.05) is 10.8 Å². The van der Waals surface area contributed by atoms with E-state index in [4.69, 9.17) is 0 Å². The Morgan fingerprint density at radius 2 is 1.92 bits per heavy atom. The summed E-state index contributed by atoms with van der Waals surface area (Å²) in [6, 6.07) is 0. The smallest absolute Gasteiger partial charge is 0.0777 e. The summed E-state index contributed by atoms with van der Waals surface area (Å²) >= 11 is 0. The SMILES string of the molecule is CCC12CCC3(C)C(O)(C1)C23C. The number of fused-ring (bicyclic) bond motifs is 1. The van der Waals surface area contributed by atoms with Gasteiger partial charge in [0.05, 0.1) is 5.60 Å². The second kappa shape index (κ2) is 1.39. The Kier molecular flexibility index (Phi) is 0.854. The van der Waals surface area contributed by atoms with Crippen molar-refractivity contribution in [1.82, 2.24) is 0 Å². The first-order valence-corrected chi connectivity index (χ1v) is 5.20. The summed E-state index contributed by atoms with van der Waals surface area (Å²) in [4.78, 5) is 0. The molecule has 0 aromatic rings. The molecule has 0 aromatic carbocycles. The van der Waals surface area contributed by atoms with Crippen LogP contribution >= 0.6 is 0 Å². The Morgan fingerprint density at radius 1 is 1.25 bits per heavy atom. The van der Waals surface area contributed by atoms with Gasteiger partial charge in [0.2, 0.25) is 0 Å². The van der Waals surface area contributed by atoms with Gasteiger partial charge in [-0.1, -0.05) is 20.8 Å². The third kappa shape index (κ3) is 0.320. The zero-order valence-corrected chi connectivity index (χ0v) is 8.28. The minimum absolute atomic E-state index is 0.256. The number of hydrogen-bond donors (Lipinski definition) is 1. The largest absolute Gasteiger partial charge is 0.389 e. The first-order chi connectivity index (χ1) is 5.47. The summed E-state index contributed by atoms with van der Waals surface area (Å²) in [5, 5.41) is 10.3. The first-order valence-electron chi connectivity index (χ1n) is 5.20. The summed E-state index contributed by atoms with van der Waals surface area (Å²) in [5.74, 6) is 0. The van der Waals surface area contributed by atoms with E-state index in [0.717, 1.165) is 6.42 Å². The topological polar surface area (TPSA) is 20.2 Å². The summed E-state index contributed by atoms with van der Waals surface area (Å²) in [7, 11) is 0. The van der Waals surface area contributed by atoms with Crippen LogP contribution in [-0.4, -0.2) is 10.7 Å². The molecule has 1 heteroatoms. The van der Waals surface area contributed by atoms with Gasteiger partial charge in [0.25, 0.3) is 0 Å². The van der Waals surface area contributed by atoms with Crippen LogP contribution in [-0.2, 0) is 0 Å². The maximum atomic E-state index is 10.3. The van der Waals surface area contributed by atoms with Crippen LogP contribution < -0.4 is 0 Å². The van der Waals surface area contributed by atoms with E-state index in [1.807, 2.05) is 0 Å². The second-order valence-electron chi connectivity index (χ2n) is 5.63. The molecule has 0 heterocycles. The minimum Gasteiger partial charge on any atom is -0.389 e. The molecule has 0 spiro atoms. The van der Waals surface area contributed by atoms with Gasteiger partial charge in [0.1, 0.15) is 0 Å². The van der Waals surface area contributed by atoms with Crippen molar-refractivity contribution >= 4 is 0 Å². The molecule has 0 aliphatic heterocycles. The molecule has 1 nitrogen and oxygen atoms in total. The normalized spacial score (nSPS) is 72.0. The van der Waals surface area contributed by atoms with Crippen LogP contribution in [0, 0.1) is 16.2 Å². The van der Waals surface area contributed by atoms with Gasteiger partial charge in [-0.25, -0.2) is 0 Å². The lowest BCUT2D eigenvalue weighted by Crippen LogP contribution is -2.49. The van der Waals surface area contributed by atoms with Crippen LogP contribution in [0.3, 0.4) is 0 Å². The summed E-state index contributed by atoms with van der Waals surface area (Å²) < 4.78 is 0. The van der Waals surface area contributed by atoms with Crippen molar-refractivity contribution in [3.05, 3.63) is 0 Å². The van der Waals surface area contributed by atoms with E-state index < -0.39 is 0 Å². The highest BCUT2D eigenvalue weighted by Crippen LogP contribution is 2.96. The van der Waals surface area contributed by atoms with E-state index in [9.17, 15) is 5.11 Å². The van der Waals surface area contributed by atoms with E-state index in [1.54, 1.807) is 0 Å². The van der Waals surface area contributed by atoms with Crippen LogP contribution in [0.5, 0.6) is 0 Å². The van der Waals surface area contributed by atoms with Crippen LogP contribution in [0.4, 0.5) is 0 Å². The molecule has 0 saturated heterocycles. The molecule has 3 saturated carbocycles. The van der Waals surface area contributed by atoms with Crippen LogP contribution in [0.25, 0.3) is 0 Å². The van der Waals surface area contributed by atoms with Crippen molar-refractivity contribution in [3.8, 4) is 0 Å². The molecule has 3 aliphatic rings. The van der Waals surface area contributed by atoms with Crippen molar-refractivity contribution in [1.29, 1.82) is 0 Å². The van der Waals surface area contributed by atoms with Gasteiger partial charge in [-0.3, -0.25) is 0 Å². The highest BCUT2D eigenvalue weighted by molar-refractivity contribution is 5.46. The molecule has 0 amide bonds. The predicted octanol–water partition coefficient (Wildman–Crippen LogP) is 2.34. The Labute approximate surface area is 74.2 Å². The van der Waals surface area contributed by atoms with Gasteiger partial charge in [0.15, 0.2) is 0 Å². The zero-order valence-electron chi connectivity index (χ0n) is 8.28. The van der Waals surface area contributed by atoms with Gasteiger partial charge in [-0.2, -0.15) is 0 Å². The van der Waals surface area contributed by atoms with Gasteiger partial charge in [-0.05, 0) is 31.1 Å². The maximum absolute atomic E-state index is 10.3. The highest BCUT2D eigenvalue weighted by Gasteiger charge is 2.97. The lowest BCUT2D eigenvalue weighted by molar-refractivity contribution is -0.111. The van der Waals surface area contributed by atoms with E-state index in [-0.39, 0.29) is 11.0 Å². The quantitative estimate of drug-likeness (QED) is 0.634. The molecule has 3 rings (SSSR count). The Morgan fingerprint density at radius 3 is 2.17 bits per heavy atom. The zero-order chi connectivity index (χ0) is 8.83.